The number of anilines is 1. The molecule has 0 bridgehead atoms. The molecule has 0 aliphatic carbocycles. The second kappa shape index (κ2) is 5.51. The Morgan fingerprint density at radius 3 is 1.95 bits per heavy atom. The third kappa shape index (κ3) is 2.92. The van der Waals surface area contributed by atoms with E-state index in [0.29, 0.717) is 23.7 Å². The Bertz CT molecular complexity index is 536. The lowest BCUT2D eigenvalue weighted by atomic mass is 10.1. The smallest absolute Gasteiger partial charge is 0.243 e. The second-order valence-corrected chi connectivity index (χ2v) is 7.18. The molecule has 5 heteroatoms. The number of aryl methyl sites for hydroxylation is 2. The Morgan fingerprint density at radius 1 is 1.00 bits per heavy atom. The molecule has 0 spiro atoms. The summed E-state index contributed by atoms with van der Waals surface area (Å²) in [7, 11) is -3.39. The molecular weight excluding hydrogens is 260 g/mol. The maximum absolute atomic E-state index is 12.8. The SMILES string of the molecule is Cc1cc(N)cc(C)c1S(=O)(=O)N1CCCCCC1. The average Bonchev–Trinajstić information content (AvgIpc) is 2.55. The van der Waals surface area contributed by atoms with Crippen molar-refractivity contribution in [3.63, 3.8) is 0 Å². The molecular formula is C14H22N2O2S. The lowest BCUT2D eigenvalue weighted by molar-refractivity contribution is 0.423. The molecule has 0 radical (unpaired) electrons. The molecule has 1 aliphatic rings. The standard InChI is InChI=1S/C14H22N2O2S/c1-11-9-13(15)10-12(2)14(11)19(17,18)16-7-5-3-4-6-8-16/h9-10H,3-8,15H2,1-2H3. The first-order valence-electron chi connectivity index (χ1n) is 6.80. The van der Waals surface area contributed by atoms with Crippen LogP contribution in [0.3, 0.4) is 0 Å². The molecule has 106 valence electrons. The molecule has 1 fully saturated rings. The van der Waals surface area contributed by atoms with Gasteiger partial charge in [-0.25, -0.2) is 8.42 Å². The summed E-state index contributed by atoms with van der Waals surface area (Å²) in [5.41, 5.74) is 7.86. The van der Waals surface area contributed by atoms with Crippen LogP contribution in [0.4, 0.5) is 5.69 Å². The summed E-state index contributed by atoms with van der Waals surface area (Å²) >= 11 is 0. The number of nitrogen functional groups attached to an aromatic ring is 1. The van der Waals surface area contributed by atoms with Crippen molar-refractivity contribution in [2.75, 3.05) is 18.8 Å². The van der Waals surface area contributed by atoms with Crippen molar-refractivity contribution in [2.24, 2.45) is 0 Å². The maximum Gasteiger partial charge on any atom is 0.243 e. The Morgan fingerprint density at radius 2 is 1.47 bits per heavy atom. The van der Waals surface area contributed by atoms with E-state index in [9.17, 15) is 8.42 Å². The van der Waals surface area contributed by atoms with E-state index in [2.05, 4.69) is 0 Å². The van der Waals surface area contributed by atoms with Crippen molar-refractivity contribution in [3.8, 4) is 0 Å². The summed E-state index contributed by atoms with van der Waals surface area (Å²) < 4.78 is 27.2. The van der Waals surface area contributed by atoms with Crippen LogP contribution < -0.4 is 5.73 Å². The number of benzene rings is 1. The number of rotatable bonds is 2. The summed E-state index contributed by atoms with van der Waals surface area (Å²) in [5.74, 6) is 0. The number of hydrogen-bond donors (Lipinski definition) is 1. The van der Waals surface area contributed by atoms with Gasteiger partial charge in [0, 0.05) is 18.8 Å². The summed E-state index contributed by atoms with van der Waals surface area (Å²) in [5, 5.41) is 0. The van der Waals surface area contributed by atoms with Crippen LogP contribution in [0.1, 0.15) is 36.8 Å². The molecule has 19 heavy (non-hydrogen) atoms. The molecule has 4 nitrogen and oxygen atoms in total. The van der Waals surface area contributed by atoms with Crippen LogP contribution >= 0.6 is 0 Å². The predicted molar refractivity (Wildman–Crippen MR) is 77.6 cm³/mol. The minimum Gasteiger partial charge on any atom is -0.399 e. The highest BCUT2D eigenvalue weighted by Gasteiger charge is 2.28. The summed E-state index contributed by atoms with van der Waals surface area (Å²) in [6.07, 6.45) is 4.13. The zero-order valence-corrected chi connectivity index (χ0v) is 12.5. The molecule has 1 aromatic carbocycles. The normalized spacial score (nSPS) is 18.2. The monoisotopic (exact) mass is 282 g/mol. The first-order chi connectivity index (χ1) is 8.93. The van der Waals surface area contributed by atoms with Crippen molar-refractivity contribution in [3.05, 3.63) is 23.3 Å². The number of nitrogens with two attached hydrogens (primary N) is 1. The minimum absolute atomic E-state index is 0.434. The fraction of sp³-hybridized carbons (Fsp3) is 0.571. The van der Waals surface area contributed by atoms with Crippen LogP contribution in [-0.4, -0.2) is 25.8 Å². The van der Waals surface area contributed by atoms with Crippen molar-refractivity contribution in [1.82, 2.24) is 4.31 Å². The molecule has 1 aliphatic heterocycles. The zero-order valence-electron chi connectivity index (χ0n) is 11.6. The summed E-state index contributed by atoms with van der Waals surface area (Å²) in [6, 6.07) is 3.47. The fourth-order valence-corrected chi connectivity index (χ4v) is 4.73. The van der Waals surface area contributed by atoms with Crippen LogP contribution in [0.15, 0.2) is 17.0 Å². The highest BCUT2D eigenvalue weighted by molar-refractivity contribution is 7.89. The largest absolute Gasteiger partial charge is 0.399 e. The van der Waals surface area contributed by atoms with E-state index in [4.69, 9.17) is 5.73 Å². The van der Waals surface area contributed by atoms with Gasteiger partial charge in [-0.2, -0.15) is 4.31 Å². The molecule has 0 aromatic heterocycles. The third-order valence-electron chi connectivity index (χ3n) is 3.65. The van der Waals surface area contributed by atoms with Gasteiger partial charge in [0.2, 0.25) is 10.0 Å². The van der Waals surface area contributed by atoms with E-state index in [1.807, 2.05) is 13.8 Å². The van der Waals surface area contributed by atoms with E-state index < -0.39 is 10.0 Å². The van der Waals surface area contributed by atoms with Gasteiger partial charge in [0.15, 0.2) is 0 Å². The van der Waals surface area contributed by atoms with E-state index in [-0.39, 0.29) is 0 Å². The van der Waals surface area contributed by atoms with Crippen molar-refractivity contribution >= 4 is 15.7 Å². The maximum atomic E-state index is 12.8. The van der Waals surface area contributed by atoms with Gasteiger partial charge in [0.25, 0.3) is 0 Å². The Hall–Kier alpha value is -1.07. The third-order valence-corrected chi connectivity index (χ3v) is 5.85. The zero-order chi connectivity index (χ0) is 14.0. The van der Waals surface area contributed by atoms with Crippen LogP contribution in [-0.2, 0) is 10.0 Å². The Labute approximate surface area is 115 Å². The molecule has 1 aromatic rings. The minimum atomic E-state index is -3.39. The van der Waals surface area contributed by atoms with E-state index in [0.717, 1.165) is 36.8 Å². The Kier molecular flexibility index (Phi) is 4.16. The van der Waals surface area contributed by atoms with Gasteiger partial charge in [0.1, 0.15) is 0 Å². The van der Waals surface area contributed by atoms with E-state index in [1.54, 1.807) is 16.4 Å². The lowest BCUT2D eigenvalue weighted by Crippen LogP contribution is -2.32. The highest BCUT2D eigenvalue weighted by Crippen LogP contribution is 2.27. The predicted octanol–water partition coefficient (Wildman–Crippen LogP) is 2.45. The average molecular weight is 282 g/mol. The summed E-state index contributed by atoms with van der Waals surface area (Å²) in [4.78, 5) is 0.434. The molecule has 1 heterocycles. The van der Waals surface area contributed by atoms with Crippen LogP contribution in [0, 0.1) is 13.8 Å². The first-order valence-corrected chi connectivity index (χ1v) is 8.24. The molecule has 2 N–H and O–H groups in total. The highest BCUT2D eigenvalue weighted by atomic mass is 32.2. The lowest BCUT2D eigenvalue weighted by Gasteiger charge is -2.22. The fourth-order valence-electron chi connectivity index (χ4n) is 2.80. The van der Waals surface area contributed by atoms with Gasteiger partial charge in [-0.1, -0.05) is 12.8 Å². The van der Waals surface area contributed by atoms with Gasteiger partial charge < -0.3 is 5.73 Å². The molecule has 1 saturated heterocycles. The van der Waals surface area contributed by atoms with Crippen molar-refractivity contribution < 1.29 is 8.42 Å². The van der Waals surface area contributed by atoms with Crippen LogP contribution in [0.2, 0.25) is 0 Å². The van der Waals surface area contributed by atoms with Crippen LogP contribution in [0.25, 0.3) is 0 Å². The van der Waals surface area contributed by atoms with Crippen LogP contribution in [0.5, 0.6) is 0 Å². The van der Waals surface area contributed by atoms with Gasteiger partial charge >= 0.3 is 0 Å². The van der Waals surface area contributed by atoms with Crippen molar-refractivity contribution in [2.45, 2.75) is 44.4 Å². The van der Waals surface area contributed by atoms with Gasteiger partial charge in [-0.15, -0.1) is 0 Å². The van der Waals surface area contributed by atoms with Crippen molar-refractivity contribution in [1.29, 1.82) is 0 Å². The number of sulfonamides is 1. The second-order valence-electron chi connectivity index (χ2n) is 5.30. The molecule has 0 unspecified atom stereocenters. The molecule has 0 saturated carbocycles. The van der Waals surface area contributed by atoms with Gasteiger partial charge in [0.05, 0.1) is 4.90 Å². The quantitative estimate of drug-likeness (QED) is 0.847. The molecule has 0 amide bonds. The van der Waals surface area contributed by atoms with Gasteiger partial charge in [-0.3, -0.25) is 0 Å². The van der Waals surface area contributed by atoms with E-state index >= 15 is 0 Å². The van der Waals surface area contributed by atoms with Gasteiger partial charge in [-0.05, 0) is 49.9 Å². The first kappa shape index (κ1) is 14.3. The van der Waals surface area contributed by atoms with E-state index in [1.165, 1.54) is 0 Å². The molecule has 0 atom stereocenters. The Balaban J connectivity index is 2.44. The topological polar surface area (TPSA) is 63.4 Å². The number of nitrogens with zero attached hydrogens (tertiary/aromatic N) is 1. The summed E-state index contributed by atoms with van der Waals surface area (Å²) in [6.45, 7) is 4.89. The number of hydrogen-bond acceptors (Lipinski definition) is 3. The molecule has 2 rings (SSSR count).